The van der Waals surface area contributed by atoms with E-state index in [1.807, 2.05) is 0 Å². The molecule has 1 aliphatic carbocycles. The van der Waals surface area contributed by atoms with E-state index < -0.39 is 0 Å². The summed E-state index contributed by atoms with van der Waals surface area (Å²) in [7, 11) is 0. The highest BCUT2D eigenvalue weighted by Gasteiger charge is 2.24. The quantitative estimate of drug-likeness (QED) is 0.668. The highest BCUT2D eigenvalue weighted by atomic mass is 16.1. The normalized spacial score (nSPS) is 24.3. The molecule has 0 unspecified atom stereocenters. The molecule has 2 N–H and O–H groups in total. The Labute approximate surface area is 79.3 Å². The molecule has 2 fully saturated rings. The minimum absolute atomic E-state index is 0.296. The van der Waals surface area contributed by atoms with E-state index in [0.29, 0.717) is 17.7 Å². The number of nitrogens with one attached hydrogen (secondary N) is 2. The van der Waals surface area contributed by atoms with Gasteiger partial charge in [0.15, 0.2) is 0 Å². The maximum absolute atomic E-state index is 11.6. The van der Waals surface area contributed by atoms with Crippen LogP contribution in [-0.4, -0.2) is 25.5 Å². The van der Waals surface area contributed by atoms with Crippen LogP contribution in [0.25, 0.3) is 0 Å². The van der Waals surface area contributed by atoms with E-state index >= 15 is 0 Å². The third-order valence-corrected chi connectivity index (χ3v) is 3.16. The Balaban J connectivity index is 1.65. The lowest BCUT2D eigenvalue weighted by Gasteiger charge is -2.27. The molecule has 74 valence electrons. The largest absolute Gasteiger partial charge is 0.355 e. The van der Waals surface area contributed by atoms with Gasteiger partial charge < -0.3 is 10.6 Å². The highest BCUT2D eigenvalue weighted by molar-refractivity contribution is 5.78. The summed E-state index contributed by atoms with van der Waals surface area (Å²) in [5.74, 6) is 1.31. The molecule has 2 rings (SSSR count). The van der Waals surface area contributed by atoms with Gasteiger partial charge in [-0.2, -0.15) is 0 Å². The molecule has 3 heteroatoms. The van der Waals surface area contributed by atoms with E-state index in [9.17, 15) is 4.79 Å². The Morgan fingerprint density at radius 2 is 2.00 bits per heavy atom. The predicted molar refractivity (Wildman–Crippen MR) is 51.3 cm³/mol. The Bertz CT molecular complexity index is 183. The zero-order valence-corrected chi connectivity index (χ0v) is 8.01. The van der Waals surface area contributed by atoms with Crippen molar-refractivity contribution in [2.45, 2.75) is 25.7 Å². The third-order valence-electron chi connectivity index (χ3n) is 3.16. The van der Waals surface area contributed by atoms with Crippen molar-refractivity contribution in [2.75, 3.05) is 19.6 Å². The number of rotatable bonds is 3. The first-order valence-corrected chi connectivity index (χ1v) is 5.34. The van der Waals surface area contributed by atoms with E-state index in [1.165, 1.54) is 12.8 Å². The van der Waals surface area contributed by atoms with Gasteiger partial charge in [-0.05, 0) is 12.8 Å². The first kappa shape index (κ1) is 9.00. The van der Waals surface area contributed by atoms with Crippen molar-refractivity contribution in [1.82, 2.24) is 10.6 Å². The smallest absolute Gasteiger partial charge is 0.223 e. The van der Waals surface area contributed by atoms with Crippen molar-refractivity contribution < 1.29 is 4.79 Å². The SMILES string of the molecule is O=C(NCC1CNC1)C1CCCC1. The van der Waals surface area contributed by atoms with E-state index in [1.54, 1.807) is 0 Å². The number of carbonyl (C=O) groups excluding carboxylic acids is 1. The molecule has 13 heavy (non-hydrogen) atoms. The summed E-state index contributed by atoms with van der Waals surface area (Å²) in [5, 5.41) is 6.25. The zero-order chi connectivity index (χ0) is 9.10. The summed E-state index contributed by atoms with van der Waals surface area (Å²) in [6, 6.07) is 0. The topological polar surface area (TPSA) is 41.1 Å². The first-order valence-electron chi connectivity index (χ1n) is 5.34. The summed E-state index contributed by atoms with van der Waals surface area (Å²) < 4.78 is 0. The average molecular weight is 182 g/mol. The zero-order valence-electron chi connectivity index (χ0n) is 8.01. The Hall–Kier alpha value is -0.570. The van der Waals surface area contributed by atoms with Crippen LogP contribution in [0, 0.1) is 11.8 Å². The van der Waals surface area contributed by atoms with Crippen molar-refractivity contribution in [2.24, 2.45) is 11.8 Å². The Morgan fingerprint density at radius 3 is 2.54 bits per heavy atom. The van der Waals surface area contributed by atoms with Crippen molar-refractivity contribution >= 4 is 5.91 Å². The average Bonchev–Trinajstić information content (AvgIpc) is 2.52. The molecule has 1 aliphatic heterocycles. The fraction of sp³-hybridized carbons (Fsp3) is 0.900. The fourth-order valence-electron chi connectivity index (χ4n) is 2.07. The van der Waals surface area contributed by atoms with Crippen molar-refractivity contribution in [1.29, 1.82) is 0 Å². The molecule has 3 nitrogen and oxygen atoms in total. The lowest BCUT2D eigenvalue weighted by molar-refractivity contribution is -0.125. The summed E-state index contributed by atoms with van der Waals surface area (Å²) in [6.07, 6.45) is 4.69. The summed E-state index contributed by atoms with van der Waals surface area (Å²) in [5.41, 5.74) is 0. The Morgan fingerprint density at radius 1 is 1.31 bits per heavy atom. The van der Waals surface area contributed by atoms with Gasteiger partial charge in [0.05, 0.1) is 0 Å². The molecule has 0 aromatic carbocycles. The first-order chi connectivity index (χ1) is 6.36. The van der Waals surface area contributed by atoms with Gasteiger partial charge in [-0.3, -0.25) is 4.79 Å². The van der Waals surface area contributed by atoms with E-state index in [0.717, 1.165) is 32.5 Å². The summed E-state index contributed by atoms with van der Waals surface area (Å²) >= 11 is 0. The standard InChI is InChI=1S/C10H18N2O/c13-10(9-3-1-2-4-9)12-7-8-5-11-6-8/h8-9,11H,1-7H2,(H,12,13). The lowest BCUT2D eigenvalue weighted by Crippen LogP contribution is -2.48. The van der Waals surface area contributed by atoms with E-state index in [2.05, 4.69) is 10.6 Å². The fourth-order valence-corrected chi connectivity index (χ4v) is 2.07. The van der Waals surface area contributed by atoms with Crippen LogP contribution < -0.4 is 10.6 Å². The van der Waals surface area contributed by atoms with Crippen LogP contribution in [-0.2, 0) is 4.79 Å². The van der Waals surface area contributed by atoms with E-state index in [-0.39, 0.29) is 0 Å². The maximum Gasteiger partial charge on any atom is 0.223 e. The molecule has 2 aliphatic rings. The molecule has 0 bridgehead atoms. The molecule has 1 heterocycles. The van der Waals surface area contributed by atoms with Crippen molar-refractivity contribution in [3.63, 3.8) is 0 Å². The predicted octanol–water partition coefficient (Wildman–Crippen LogP) is 0.512. The summed E-state index contributed by atoms with van der Waals surface area (Å²) in [6.45, 7) is 3.03. The molecule has 0 aromatic rings. The van der Waals surface area contributed by atoms with Gasteiger partial charge in [-0.25, -0.2) is 0 Å². The van der Waals surface area contributed by atoms with Crippen LogP contribution >= 0.6 is 0 Å². The van der Waals surface area contributed by atoms with E-state index in [4.69, 9.17) is 0 Å². The molecule has 0 spiro atoms. The minimum atomic E-state index is 0.296. The van der Waals surface area contributed by atoms with Gasteiger partial charge >= 0.3 is 0 Å². The van der Waals surface area contributed by atoms with Gasteiger partial charge in [-0.1, -0.05) is 12.8 Å². The van der Waals surface area contributed by atoms with Crippen LogP contribution in [0.2, 0.25) is 0 Å². The second-order valence-electron chi connectivity index (χ2n) is 4.25. The van der Waals surface area contributed by atoms with Crippen LogP contribution in [0.4, 0.5) is 0 Å². The van der Waals surface area contributed by atoms with Crippen LogP contribution in [0.1, 0.15) is 25.7 Å². The molecular formula is C10H18N2O. The van der Waals surface area contributed by atoms with Gasteiger partial charge in [0.25, 0.3) is 0 Å². The molecule has 1 amide bonds. The lowest BCUT2D eigenvalue weighted by atomic mass is 10.0. The molecule has 0 atom stereocenters. The van der Waals surface area contributed by atoms with Crippen molar-refractivity contribution in [3.8, 4) is 0 Å². The second kappa shape index (κ2) is 4.09. The van der Waals surface area contributed by atoms with Crippen LogP contribution in [0.5, 0.6) is 0 Å². The van der Waals surface area contributed by atoms with Gasteiger partial charge in [-0.15, -0.1) is 0 Å². The number of carbonyl (C=O) groups is 1. The molecule has 0 aromatic heterocycles. The summed E-state index contributed by atoms with van der Waals surface area (Å²) in [4.78, 5) is 11.6. The number of hydrogen-bond acceptors (Lipinski definition) is 2. The third kappa shape index (κ3) is 2.21. The van der Waals surface area contributed by atoms with Gasteiger partial charge in [0.1, 0.15) is 0 Å². The molecular weight excluding hydrogens is 164 g/mol. The maximum atomic E-state index is 11.6. The molecule has 0 radical (unpaired) electrons. The number of amides is 1. The second-order valence-corrected chi connectivity index (χ2v) is 4.25. The highest BCUT2D eigenvalue weighted by Crippen LogP contribution is 2.24. The number of hydrogen-bond donors (Lipinski definition) is 2. The van der Waals surface area contributed by atoms with Gasteiger partial charge in [0.2, 0.25) is 5.91 Å². The van der Waals surface area contributed by atoms with Crippen LogP contribution in [0.3, 0.4) is 0 Å². The van der Waals surface area contributed by atoms with Gasteiger partial charge in [0, 0.05) is 31.5 Å². The van der Waals surface area contributed by atoms with Crippen molar-refractivity contribution in [3.05, 3.63) is 0 Å². The molecule has 1 saturated carbocycles. The Kier molecular flexibility index (Phi) is 2.83. The monoisotopic (exact) mass is 182 g/mol. The minimum Gasteiger partial charge on any atom is -0.355 e. The molecule has 1 saturated heterocycles. The van der Waals surface area contributed by atoms with Crippen LogP contribution in [0.15, 0.2) is 0 Å².